The number of morpholine rings is 2. The first-order chi connectivity index (χ1) is 21.6. The van der Waals surface area contributed by atoms with Gasteiger partial charge in [0.25, 0.3) is 0 Å². The summed E-state index contributed by atoms with van der Waals surface area (Å²) in [7, 11) is -3.85. The van der Waals surface area contributed by atoms with Gasteiger partial charge < -0.3 is 23.8 Å². The highest BCUT2D eigenvalue weighted by Crippen LogP contribution is 2.26. The van der Waals surface area contributed by atoms with Gasteiger partial charge in [0.05, 0.1) is 61.6 Å². The van der Waals surface area contributed by atoms with Crippen molar-refractivity contribution in [2.45, 2.75) is 82.2 Å². The van der Waals surface area contributed by atoms with Gasteiger partial charge in [0.1, 0.15) is 17.6 Å². The zero-order valence-corrected chi connectivity index (χ0v) is 30.0. The molecule has 47 heavy (non-hydrogen) atoms. The van der Waals surface area contributed by atoms with Gasteiger partial charge >= 0.3 is 0 Å². The molecule has 2 aliphatic heterocycles. The highest BCUT2D eigenvalue weighted by Gasteiger charge is 2.38. The van der Waals surface area contributed by atoms with Crippen LogP contribution in [-0.2, 0) is 52.8 Å². The van der Waals surface area contributed by atoms with E-state index in [-0.39, 0.29) is 71.9 Å². The number of hydrogen-bond acceptors (Lipinski definition) is 11. The number of halogens is 2. The molecular formula is C32H44Cl2N4O8S. The third-order valence-electron chi connectivity index (χ3n) is 7.49. The first-order valence-corrected chi connectivity index (χ1v) is 17.0. The number of rotatable bonds is 8. The summed E-state index contributed by atoms with van der Waals surface area (Å²) in [6.45, 7) is 14.3. The molecule has 3 aromatic rings. The van der Waals surface area contributed by atoms with Gasteiger partial charge in [0.2, 0.25) is 10.0 Å². The van der Waals surface area contributed by atoms with E-state index in [0.717, 1.165) is 12.3 Å². The minimum absolute atomic E-state index is 0. The molecule has 0 aliphatic carbocycles. The Bertz CT molecular complexity index is 1590. The zero-order valence-electron chi connectivity index (χ0n) is 27.6. The van der Waals surface area contributed by atoms with E-state index in [1.807, 2.05) is 26.8 Å². The smallest absolute Gasteiger partial charge is 0.243 e. The van der Waals surface area contributed by atoms with Gasteiger partial charge in [-0.25, -0.2) is 8.42 Å². The van der Waals surface area contributed by atoms with E-state index in [9.17, 15) is 18.0 Å². The predicted molar refractivity (Wildman–Crippen MR) is 178 cm³/mol. The molecule has 2 aromatic heterocycles. The average molecular weight is 716 g/mol. The van der Waals surface area contributed by atoms with E-state index in [1.54, 1.807) is 6.07 Å². The van der Waals surface area contributed by atoms with E-state index < -0.39 is 16.1 Å². The maximum absolute atomic E-state index is 13.0. The molecule has 12 nitrogen and oxygen atoms in total. The van der Waals surface area contributed by atoms with Crippen molar-refractivity contribution in [1.82, 2.24) is 19.9 Å². The Balaban J connectivity index is 0.000000274. The van der Waals surface area contributed by atoms with Crippen molar-refractivity contribution in [3.8, 4) is 0 Å². The fourth-order valence-electron chi connectivity index (χ4n) is 4.74. The van der Waals surface area contributed by atoms with Gasteiger partial charge in [-0.2, -0.15) is 4.31 Å². The van der Waals surface area contributed by atoms with E-state index in [4.69, 9.17) is 30.1 Å². The second-order valence-electron chi connectivity index (χ2n) is 13.4. The van der Waals surface area contributed by atoms with Crippen LogP contribution in [-0.4, -0.2) is 86.2 Å². The second-order valence-corrected chi connectivity index (χ2v) is 15.7. The van der Waals surface area contributed by atoms with Crippen LogP contribution in [0.4, 0.5) is 0 Å². The van der Waals surface area contributed by atoms with Crippen LogP contribution in [0.15, 0.2) is 50.3 Å². The quantitative estimate of drug-likeness (QED) is 0.355. The van der Waals surface area contributed by atoms with Crippen LogP contribution in [0.3, 0.4) is 0 Å². The van der Waals surface area contributed by atoms with E-state index in [0.29, 0.717) is 41.8 Å². The van der Waals surface area contributed by atoms with E-state index in [1.165, 1.54) is 28.6 Å². The molecule has 0 spiro atoms. The Kier molecular flexibility index (Phi) is 13.3. The molecule has 15 heteroatoms. The molecule has 2 aliphatic rings. The normalized spacial score (nSPS) is 19.3. The highest BCUT2D eigenvalue weighted by atomic mass is 35.5. The molecule has 0 saturated carbocycles. The fraction of sp³-hybridized carbons (Fsp3) is 0.562. The summed E-state index contributed by atoms with van der Waals surface area (Å²) < 4.78 is 48.5. The largest absolute Gasteiger partial charge is 0.378 e. The maximum atomic E-state index is 13.0. The van der Waals surface area contributed by atoms with Crippen LogP contribution < -0.4 is 5.32 Å². The Hall–Kier alpha value is -2.65. The van der Waals surface area contributed by atoms with Gasteiger partial charge in [0, 0.05) is 41.1 Å². The molecule has 2 saturated heterocycles. The second kappa shape index (κ2) is 16.2. The van der Waals surface area contributed by atoms with Crippen LogP contribution in [0.1, 0.15) is 64.5 Å². The lowest BCUT2D eigenvalue weighted by molar-refractivity contribution is -0.126. The number of ketones is 2. The monoisotopic (exact) mass is 714 g/mol. The van der Waals surface area contributed by atoms with E-state index in [2.05, 4.69) is 36.4 Å². The summed E-state index contributed by atoms with van der Waals surface area (Å²) in [5.74, 6) is 1.29. The lowest BCUT2D eigenvalue weighted by atomic mass is 9.93. The molecule has 0 bridgehead atoms. The van der Waals surface area contributed by atoms with Crippen LogP contribution in [0.2, 0.25) is 5.02 Å². The molecule has 260 valence electrons. The number of benzene rings is 1. The number of nitrogens with zero attached hydrogens (tertiary/aromatic N) is 3. The van der Waals surface area contributed by atoms with Gasteiger partial charge in [-0.05, 0) is 24.3 Å². The van der Waals surface area contributed by atoms with Crippen LogP contribution in [0.5, 0.6) is 0 Å². The Morgan fingerprint density at radius 1 is 0.872 bits per heavy atom. The molecule has 2 unspecified atom stereocenters. The summed E-state index contributed by atoms with van der Waals surface area (Å²) in [4.78, 5) is 25.0. The number of sulfonamides is 1. The molecule has 4 heterocycles. The summed E-state index contributed by atoms with van der Waals surface area (Å²) in [5.41, 5.74) is 0.855. The third-order valence-corrected chi connectivity index (χ3v) is 9.66. The molecule has 0 radical (unpaired) electrons. The fourth-order valence-corrected chi connectivity index (χ4v) is 6.44. The van der Waals surface area contributed by atoms with Gasteiger partial charge in [-0.3, -0.25) is 9.59 Å². The van der Waals surface area contributed by atoms with Crippen molar-refractivity contribution >= 4 is 45.6 Å². The van der Waals surface area contributed by atoms with Crippen molar-refractivity contribution in [2.75, 3.05) is 39.5 Å². The standard InChI is InChI=1S/C19H23ClN2O5S.C13H20N2O3.ClH/c1-19(2,3)18-11-14(21-27-18)10-17(23)16-12-26-9-8-22(16)28(24,25)15-6-4-13(20)5-7-15;1-13(2,3)12-7-9(15-18-12)6-11(16)10-8-17-5-4-14-10;/h4-7,11,16H,8-10,12H2,1-3H3;7,10,14H,4-6,8H2,1-3H3;1H. The Labute approximate surface area is 287 Å². The molecular weight excluding hydrogens is 671 g/mol. The summed E-state index contributed by atoms with van der Waals surface area (Å²) in [5, 5.41) is 11.5. The summed E-state index contributed by atoms with van der Waals surface area (Å²) in [6.07, 6.45) is 0.265. The van der Waals surface area contributed by atoms with Gasteiger partial charge in [0.15, 0.2) is 11.6 Å². The summed E-state index contributed by atoms with van der Waals surface area (Å²) in [6, 6.07) is 8.35. The van der Waals surface area contributed by atoms with Crippen LogP contribution in [0.25, 0.3) is 0 Å². The minimum Gasteiger partial charge on any atom is -0.378 e. The van der Waals surface area contributed by atoms with E-state index >= 15 is 0 Å². The van der Waals surface area contributed by atoms with Crippen LogP contribution in [0, 0.1) is 0 Å². The maximum Gasteiger partial charge on any atom is 0.243 e. The lowest BCUT2D eigenvalue weighted by Crippen LogP contribution is -2.52. The topological polar surface area (TPSA) is 154 Å². The number of carbonyl (C=O) groups is 2. The van der Waals surface area contributed by atoms with Gasteiger partial charge in [-0.1, -0.05) is 63.5 Å². The molecule has 1 N–H and O–H groups in total. The lowest BCUT2D eigenvalue weighted by Gasteiger charge is -2.33. The number of nitrogens with one attached hydrogen (secondary N) is 1. The van der Waals surface area contributed by atoms with Crippen LogP contribution >= 0.6 is 24.0 Å². The highest BCUT2D eigenvalue weighted by molar-refractivity contribution is 7.89. The first kappa shape index (κ1) is 38.8. The Morgan fingerprint density at radius 2 is 1.40 bits per heavy atom. The number of hydrogen-bond donors (Lipinski definition) is 1. The predicted octanol–water partition coefficient (Wildman–Crippen LogP) is 4.32. The zero-order chi connectivity index (χ0) is 33.7. The summed E-state index contributed by atoms with van der Waals surface area (Å²) >= 11 is 5.85. The first-order valence-electron chi connectivity index (χ1n) is 15.2. The van der Waals surface area contributed by atoms with Crippen molar-refractivity contribution in [3.05, 3.63) is 64.3 Å². The van der Waals surface area contributed by atoms with Crippen molar-refractivity contribution in [1.29, 1.82) is 0 Å². The minimum atomic E-state index is -3.85. The molecule has 2 fully saturated rings. The average Bonchev–Trinajstić information content (AvgIpc) is 3.68. The molecule has 1 aromatic carbocycles. The Morgan fingerprint density at radius 3 is 1.89 bits per heavy atom. The SMILES string of the molecule is CC(C)(C)c1cc(CC(=O)C2COCCN2)no1.CC(C)(C)c1cc(CC(=O)C2COCCN2S(=O)(=O)c2ccc(Cl)cc2)no1.Cl. The number of carbonyl (C=O) groups excluding carboxylic acids is 2. The number of ether oxygens (including phenoxy) is 2. The van der Waals surface area contributed by atoms with Crippen molar-refractivity contribution < 1.29 is 36.5 Å². The van der Waals surface area contributed by atoms with Crippen molar-refractivity contribution in [3.63, 3.8) is 0 Å². The third kappa shape index (κ3) is 10.4. The number of aromatic nitrogens is 2. The van der Waals surface area contributed by atoms with Gasteiger partial charge in [-0.15, -0.1) is 12.4 Å². The molecule has 0 amide bonds. The number of Topliss-reactive ketones (excluding diaryl/α,β-unsaturated/α-hetero) is 2. The molecule has 5 rings (SSSR count). The van der Waals surface area contributed by atoms with Crippen molar-refractivity contribution in [2.24, 2.45) is 0 Å². The molecule has 2 atom stereocenters.